The Labute approximate surface area is 93.9 Å². The molecule has 1 aliphatic rings. The van der Waals surface area contributed by atoms with E-state index >= 15 is 0 Å². The molecule has 1 aliphatic heterocycles. The van der Waals surface area contributed by atoms with E-state index in [0.29, 0.717) is 5.94 Å². The molecule has 0 fully saturated rings. The van der Waals surface area contributed by atoms with Crippen LogP contribution in [0.25, 0.3) is 0 Å². The first-order chi connectivity index (χ1) is 7.20. The van der Waals surface area contributed by atoms with Crippen LogP contribution in [0.2, 0.25) is 0 Å². The molecule has 0 saturated carbocycles. The van der Waals surface area contributed by atoms with Gasteiger partial charge in [0.05, 0.1) is 12.0 Å². The Morgan fingerprint density at radius 2 is 2.40 bits per heavy atom. The standard InChI is InChI=1S/C11H15NO2S/c1-7(12)3-8-4-11-10(14-6-15-11)5-9(8)13-2/h4-5,7H,3,6,12H2,1-2H3. The van der Waals surface area contributed by atoms with Crippen molar-refractivity contribution in [3.63, 3.8) is 0 Å². The molecule has 15 heavy (non-hydrogen) atoms. The molecular weight excluding hydrogens is 210 g/mol. The number of rotatable bonds is 3. The van der Waals surface area contributed by atoms with Crippen molar-refractivity contribution in [3.05, 3.63) is 17.7 Å². The van der Waals surface area contributed by atoms with E-state index in [-0.39, 0.29) is 6.04 Å². The summed E-state index contributed by atoms with van der Waals surface area (Å²) < 4.78 is 10.8. The lowest BCUT2D eigenvalue weighted by atomic mass is 10.1. The highest BCUT2D eigenvalue weighted by atomic mass is 32.2. The monoisotopic (exact) mass is 225 g/mol. The second-order valence-corrected chi connectivity index (χ2v) is 4.66. The lowest BCUT2D eigenvalue weighted by Gasteiger charge is -2.12. The van der Waals surface area contributed by atoms with Gasteiger partial charge in [0.15, 0.2) is 0 Å². The van der Waals surface area contributed by atoms with E-state index in [1.165, 1.54) is 4.90 Å². The fourth-order valence-corrected chi connectivity index (χ4v) is 2.46. The van der Waals surface area contributed by atoms with Gasteiger partial charge in [-0.3, -0.25) is 0 Å². The highest BCUT2D eigenvalue weighted by Gasteiger charge is 2.17. The minimum absolute atomic E-state index is 0.143. The van der Waals surface area contributed by atoms with Gasteiger partial charge < -0.3 is 15.2 Å². The second kappa shape index (κ2) is 4.33. The van der Waals surface area contributed by atoms with Gasteiger partial charge in [0.1, 0.15) is 17.4 Å². The van der Waals surface area contributed by atoms with Gasteiger partial charge in [-0.15, -0.1) is 0 Å². The summed E-state index contributed by atoms with van der Waals surface area (Å²) in [5.41, 5.74) is 6.96. The lowest BCUT2D eigenvalue weighted by molar-refractivity contribution is 0.381. The minimum Gasteiger partial charge on any atom is -0.496 e. The molecule has 0 saturated heterocycles. The predicted octanol–water partition coefficient (Wildman–Crippen LogP) is 2.03. The van der Waals surface area contributed by atoms with Crippen LogP contribution in [0.1, 0.15) is 12.5 Å². The SMILES string of the molecule is COc1cc2c(cc1CC(C)N)SCO2. The summed E-state index contributed by atoms with van der Waals surface area (Å²) in [6.07, 6.45) is 0.830. The number of thioether (sulfide) groups is 1. The van der Waals surface area contributed by atoms with E-state index in [9.17, 15) is 0 Å². The van der Waals surface area contributed by atoms with E-state index in [1.54, 1.807) is 18.9 Å². The Balaban J connectivity index is 2.35. The Bertz CT molecular complexity index is 366. The highest BCUT2D eigenvalue weighted by Crippen LogP contribution is 2.40. The fraction of sp³-hybridized carbons (Fsp3) is 0.455. The predicted molar refractivity (Wildman–Crippen MR) is 61.7 cm³/mol. The molecule has 1 aromatic carbocycles. The van der Waals surface area contributed by atoms with Crippen molar-refractivity contribution in [2.75, 3.05) is 13.0 Å². The Morgan fingerprint density at radius 1 is 1.60 bits per heavy atom. The van der Waals surface area contributed by atoms with Gasteiger partial charge in [-0.1, -0.05) is 11.8 Å². The zero-order valence-corrected chi connectivity index (χ0v) is 9.76. The normalized spacial score (nSPS) is 15.7. The van der Waals surface area contributed by atoms with Crippen LogP contribution in [0.4, 0.5) is 0 Å². The van der Waals surface area contributed by atoms with Gasteiger partial charge in [0.2, 0.25) is 0 Å². The van der Waals surface area contributed by atoms with Crippen LogP contribution in [0.3, 0.4) is 0 Å². The summed E-state index contributed by atoms with van der Waals surface area (Å²) >= 11 is 1.71. The van der Waals surface area contributed by atoms with Crippen LogP contribution in [-0.4, -0.2) is 19.1 Å². The minimum atomic E-state index is 0.143. The quantitative estimate of drug-likeness (QED) is 0.855. The van der Waals surface area contributed by atoms with E-state index in [0.717, 1.165) is 23.5 Å². The number of hydrogen-bond donors (Lipinski definition) is 1. The maximum atomic E-state index is 5.80. The summed E-state index contributed by atoms with van der Waals surface area (Å²) in [6, 6.07) is 4.21. The maximum Gasteiger partial charge on any atom is 0.138 e. The maximum absolute atomic E-state index is 5.80. The van der Waals surface area contributed by atoms with Crippen LogP contribution >= 0.6 is 11.8 Å². The summed E-state index contributed by atoms with van der Waals surface area (Å²) in [6.45, 7) is 2.00. The van der Waals surface area contributed by atoms with Crippen LogP contribution in [0, 0.1) is 0 Å². The smallest absolute Gasteiger partial charge is 0.138 e. The number of nitrogens with two attached hydrogens (primary N) is 1. The molecule has 0 amide bonds. The van der Waals surface area contributed by atoms with Crippen LogP contribution in [-0.2, 0) is 6.42 Å². The van der Waals surface area contributed by atoms with Crippen molar-refractivity contribution in [3.8, 4) is 11.5 Å². The molecule has 3 nitrogen and oxygen atoms in total. The third kappa shape index (κ3) is 2.21. The molecule has 0 bridgehead atoms. The molecule has 1 atom stereocenters. The van der Waals surface area contributed by atoms with Gasteiger partial charge in [-0.2, -0.15) is 0 Å². The van der Waals surface area contributed by atoms with Gasteiger partial charge in [0, 0.05) is 12.1 Å². The third-order valence-corrected chi connectivity index (χ3v) is 3.18. The zero-order chi connectivity index (χ0) is 10.8. The Hall–Kier alpha value is -0.870. The molecule has 82 valence electrons. The van der Waals surface area contributed by atoms with Crippen LogP contribution in [0.5, 0.6) is 11.5 Å². The molecule has 0 spiro atoms. The Kier molecular flexibility index (Phi) is 3.07. The molecule has 2 rings (SSSR count). The van der Waals surface area contributed by atoms with Gasteiger partial charge >= 0.3 is 0 Å². The lowest BCUT2D eigenvalue weighted by Crippen LogP contribution is -2.18. The van der Waals surface area contributed by atoms with Crippen molar-refractivity contribution in [1.82, 2.24) is 0 Å². The molecule has 1 heterocycles. The van der Waals surface area contributed by atoms with Crippen molar-refractivity contribution in [2.45, 2.75) is 24.3 Å². The zero-order valence-electron chi connectivity index (χ0n) is 8.95. The topological polar surface area (TPSA) is 44.5 Å². The molecule has 0 aromatic heterocycles. The summed E-state index contributed by atoms with van der Waals surface area (Å²) in [4.78, 5) is 1.19. The van der Waals surface area contributed by atoms with Gasteiger partial charge in [-0.05, 0) is 25.0 Å². The first-order valence-electron chi connectivity index (χ1n) is 4.93. The second-order valence-electron chi connectivity index (χ2n) is 3.70. The third-order valence-electron chi connectivity index (χ3n) is 2.32. The largest absolute Gasteiger partial charge is 0.496 e. The molecule has 0 aliphatic carbocycles. The van der Waals surface area contributed by atoms with E-state index < -0.39 is 0 Å². The highest BCUT2D eigenvalue weighted by molar-refractivity contribution is 7.99. The summed E-state index contributed by atoms with van der Waals surface area (Å²) in [5, 5.41) is 0. The average molecular weight is 225 g/mol. The first-order valence-corrected chi connectivity index (χ1v) is 5.91. The van der Waals surface area contributed by atoms with E-state index in [1.807, 2.05) is 13.0 Å². The van der Waals surface area contributed by atoms with Gasteiger partial charge in [-0.25, -0.2) is 0 Å². The molecule has 2 N–H and O–H groups in total. The molecule has 4 heteroatoms. The van der Waals surface area contributed by atoms with E-state index in [2.05, 4.69) is 6.07 Å². The summed E-state index contributed by atoms with van der Waals surface area (Å²) in [7, 11) is 1.68. The number of hydrogen-bond acceptors (Lipinski definition) is 4. The van der Waals surface area contributed by atoms with Crippen molar-refractivity contribution in [2.24, 2.45) is 5.73 Å². The van der Waals surface area contributed by atoms with Crippen LogP contribution in [0.15, 0.2) is 17.0 Å². The van der Waals surface area contributed by atoms with Gasteiger partial charge in [0.25, 0.3) is 0 Å². The molecule has 0 radical (unpaired) electrons. The van der Waals surface area contributed by atoms with E-state index in [4.69, 9.17) is 15.2 Å². The van der Waals surface area contributed by atoms with Crippen molar-refractivity contribution in [1.29, 1.82) is 0 Å². The molecule has 1 unspecified atom stereocenters. The Morgan fingerprint density at radius 3 is 3.07 bits per heavy atom. The number of methoxy groups -OCH3 is 1. The molecule has 1 aromatic rings. The summed E-state index contributed by atoms with van der Waals surface area (Å²) in [5.74, 6) is 2.49. The van der Waals surface area contributed by atoms with Crippen LogP contribution < -0.4 is 15.2 Å². The number of fused-ring (bicyclic) bond motifs is 1. The van der Waals surface area contributed by atoms with Crippen molar-refractivity contribution >= 4 is 11.8 Å². The fourth-order valence-electron chi connectivity index (χ4n) is 1.66. The average Bonchev–Trinajstić information content (AvgIpc) is 2.62. The number of ether oxygens (including phenoxy) is 2. The van der Waals surface area contributed by atoms with Crippen molar-refractivity contribution < 1.29 is 9.47 Å². The molecular formula is C11H15NO2S. The first kappa shape index (κ1) is 10.6. The number of benzene rings is 1.